The normalized spacial score (nSPS) is 19.9. The average Bonchev–Trinajstić information content (AvgIpc) is 2.63. The summed E-state index contributed by atoms with van der Waals surface area (Å²) in [5, 5.41) is 3.47. The van der Waals surface area contributed by atoms with Crippen molar-refractivity contribution in [3.05, 3.63) is 60.2 Å². The van der Waals surface area contributed by atoms with Gasteiger partial charge in [0.25, 0.3) is 0 Å². The van der Waals surface area contributed by atoms with Gasteiger partial charge in [-0.15, -0.1) is 0 Å². The zero-order chi connectivity index (χ0) is 9.80. The lowest BCUT2D eigenvalue weighted by Crippen LogP contribution is -2.10. The second kappa shape index (κ2) is 4.25. The van der Waals surface area contributed by atoms with Gasteiger partial charge in [-0.2, -0.15) is 0 Å². The van der Waals surface area contributed by atoms with Gasteiger partial charge in [-0.05, 0) is 17.5 Å². The fraction of sp³-hybridized carbons (Fsp3) is 0.231. The van der Waals surface area contributed by atoms with Gasteiger partial charge in [0, 0.05) is 12.6 Å². The second-order valence-electron chi connectivity index (χ2n) is 3.49. The average molecular weight is 184 g/mol. The summed E-state index contributed by atoms with van der Waals surface area (Å²) in [5.74, 6) is 0. The van der Waals surface area contributed by atoms with Gasteiger partial charge < -0.3 is 5.32 Å². The molecular weight excluding hydrogens is 170 g/mol. The molecule has 0 fully saturated rings. The van der Waals surface area contributed by atoms with E-state index in [1.54, 1.807) is 6.08 Å². The van der Waals surface area contributed by atoms with E-state index in [0.717, 1.165) is 13.0 Å². The minimum absolute atomic E-state index is 0.461. The van der Waals surface area contributed by atoms with Crippen molar-refractivity contribution >= 4 is 0 Å². The lowest BCUT2D eigenvalue weighted by atomic mass is 10.0. The molecule has 1 heteroatoms. The van der Waals surface area contributed by atoms with Gasteiger partial charge in [-0.3, -0.25) is 0 Å². The highest BCUT2D eigenvalue weighted by atomic mass is 14.9. The lowest BCUT2D eigenvalue weighted by Gasteiger charge is -2.08. The Bertz CT molecular complexity index is 352. The predicted molar refractivity (Wildman–Crippen MR) is 58.6 cm³/mol. The molecule has 1 unspecified atom stereocenters. The Balaban J connectivity index is 2.10. The van der Waals surface area contributed by atoms with Crippen molar-refractivity contribution in [2.75, 3.05) is 0 Å². The molecule has 1 heterocycles. The lowest BCUT2D eigenvalue weighted by molar-refractivity contribution is 0.591. The quantitative estimate of drug-likeness (QED) is 0.712. The van der Waals surface area contributed by atoms with Crippen LogP contribution in [0.3, 0.4) is 0 Å². The van der Waals surface area contributed by atoms with Crippen molar-refractivity contribution in [3.8, 4) is 0 Å². The first-order valence-corrected chi connectivity index (χ1v) is 4.93. The number of hydrogen-bond acceptors (Lipinski definition) is 1. The van der Waals surface area contributed by atoms with Crippen LogP contribution in [0.4, 0.5) is 0 Å². The van der Waals surface area contributed by atoms with Crippen molar-refractivity contribution in [1.29, 1.82) is 0 Å². The fourth-order valence-corrected chi connectivity index (χ4v) is 1.88. The predicted octanol–water partition coefficient (Wildman–Crippen LogP) is 2.77. The third kappa shape index (κ3) is 1.78. The highest BCUT2D eigenvalue weighted by molar-refractivity contribution is 5.34. The van der Waals surface area contributed by atoms with Crippen LogP contribution in [-0.4, -0.2) is 0 Å². The molecule has 71 valence electrons. The summed E-state index contributed by atoms with van der Waals surface area (Å²) in [6.45, 7) is 6.26. The van der Waals surface area contributed by atoms with E-state index in [2.05, 4.69) is 35.7 Å². The molecule has 0 spiro atoms. The second-order valence-corrected chi connectivity index (χ2v) is 3.49. The molecule has 1 aliphatic heterocycles. The molecular formula is C13H14N. The molecule has 0 bridgehead atoms. The summed E-state index contributed by atoms with van der Waals surface area (Å²) < 4.78 is 0. The van der Waals surface area contributed by atoms with Gasteiger partial charge in [-0.25, -0.2) is 0 Å². The van der Waals surface area contributed by atoms with Gasteiger partial charge in [0.2, 0.25) is 0 Å². The first kappa shape index (κ1) is 9.22. The number of hydrogen-bond donors (Lipinski definition) is 1. The maximum atomic E-state index is 5.28. The highest BCUT2D eigenvalue weighted by Crippen LogP contribution is 2.27. The van der Waals surface area contributed by atoms with E-state index in [0.29, 0.717) is 6.04 Å². The maximum Gasteiger partial charge on any atom is 0.0361 e. The molecule has 0 saturated carbocycles. The van der Waals surface area contributed by atoms with Crippen molar-refractivity contribution in [3.63, 3.8) is 0 Å². The van der Waals surface area contributed by atoms with Gasteiger partial charge in [-0.1, -0.05) is 49.1 Å². The van der Waals surface area contributed by atoms with Crippen LogP contribution in [0, 0.1) is 6.58 Å². The molecule has 1 aliphatic rings. The SMILES string of the molecule is [CH]=CC=CCC1NCc2ccccc21. The molecule has 1 radical (unpaired) electrons. The number of nitrogens with one attached hydrogen (secondary N) is 1. The van der Waals surface area contributed by atoms with Crippen LogP contribution in [0.2, 0.25) is 0 Å². The number of benzene rings is 1. The van der Waals surface area contributed by atoms with E-state index < -0.39 is 0 Å². The summed E-state index contributed by atoms with van der Waals surface area (Å²) in [4.78, 5) is 0. The Morgan fingerprint density at radius 1 is 1.43 bits per heavy atom. The molecule has 1 aromatic rings. The summed E-state index contributed by atoms with van der Waals surface area (Å²) in [6, 6.07) is 9.02. The van der Waals surface area contributed by atoms with Gasteiger partial charge in [0.05, 0.1) is 0 Å². The fourth-order valence-electron chi connectivity index (χ4n) is 1.88. The van der Waals surface area contributed by atoms with Crippen LogP contribution in [0.25, 0.3) is 0 Å². The first-order chi connectivity index (χ1) is 6.92. The monoisotopic (exact) mass is 184 g/mol. The minimum atomic E-state index is 0.461. The van der Waals surface area contributed by atoms with Crippen molar-refractivity contribution < 1.29 is 0 Å². The first-order valence-electron chi connectivity index (χ1n) is 4.93. The Morgan fingerprint density at radius 2 is 2.29 bits per heavy atom. The van der Waals surface area contributed by atoms with E-state index in [1.807, 2.05) is 6.08 Å². The highest BCUT2D eigenvalue weighted by Gasteiger charge is 2.19. The van der Waals surface area contributed by atoms with Crippen LogP contribution in [-0.2, 0) is 6.54 Å². The maximum absolute atomic E-state index is 5.28. The van der Waals surface area contributed by atoms with E-state index in [9.17, 15) is 0 Å². The van der Waals surface area contributed by atoms with Crippen LogP contribution in [0.5, 0.6) is 0 Å². The number of allylic oxidation sites excluding steroid dienone is 2. The largest absolute Gasteiger partial charge is 0.306 e. The van der Waals surface area contributed by atoms with Crippen LogP contribution in [0.15, 0.2) is 42.5 Å². The smallest absolute Gasteiger partial charge is 0.0361 e. The van der Waals surface area contributed by atoms with Crippen LogP contribution < -0.4 is 5.32 Å². The van der Waals surface area contributed by atoms with Gasteiger partial charge in [0.15, 0.2) is 0 Å². The zero-order valence-electron chi connectivity index (χ0n) is 8.11. The molecule has 0 saturated heterocycles. The van der Waals surface area contributed by atoms with E-state index in [-0.39, 0.29) is 0 Å². The minimum Gasteiger partial charge on any atom is -0.306 e. The zero-order valence-corrected chi connectivity index (χ0v) is 8.11. The van der Waals surface area contributed by atoms with Gasteiger partial charge in [0.1, 0.15) is 0 Å². The molecule has 0 aromatic heterocycles. The van der Waals surface area contributed by atoms with E-state index >= 15 is 0 Å². The van der Waals surface area contributed by atoms with Gasteiger partial charge >= 0.3 is 0 Å². The van der Waals surface area contributed by atoms with E-state index in [4.69, 9.17) is 6.58 Å². The Morgan fingerprint density at radius 3 is 3.14 bits per heavy atom. The van der Waals surface area contributed by atoms with Crippen molar-refractivity contribution in [2.45, 2.75) is 19.0 Å². The topological polar surface area (TPSA) is 12.0 Å². The summed E-state index contributed by atoms with van der Waals surface area (Å²) in [5.41, 5.74) is 2.84. The Hall–Kier alpha value is -1.34. The van der Waals surface area contributed by atoms with Crippen molar-refractivity contribution in [2.24, 2.45) is 0 Å². The molecule has 2 rings (SSSR count). The van der Waals surface area contributed by atoms with Crippen molar-refractivity contribution in [1.82, 2.24) is 5.32 Å². The summed E-state index contributed by atoms with van der Waals surface area (Å²) in [6.07, 6.45) is 6.56. The molecule has 1 atom stereocenters. The Kier molecular flexibility index (Phi) is 2.80. The Labute approximate surface area is 85.2 Å². The molecule has 0 aliphatic carbocycles. The standard InChI is InChI=1S/C13H14N/c1-2-3-4-9-13-12-8-6-5-7-11(12)10-14-13/h1-8,13-14H,9-10H2. The third-order valence-electron chi connectivity index (χ3n) is 2.59. The number of rotatable bonds is 3. The molecule has 0 amide bonds. The summed E-state index contributed by atoms with van der Waals surface area (Å²) in [7, 11) is 0. The summed E-state index contributed by atoms with van der Waals surface area (Å²) >= 11 is 0. The number of fused-ring (bicyclic) bond motifs is 1. The molecule has 1 nitrogen and oxygen atoms in total. The van der Waals surface area contributed by atoms with Crippen LogP contribution in [0.1, 0.15) is 23.6 Å². The molecule has 1 aromatic carbocycles. The van der Waals surface area contributed by atoms with Crippen LogP contribution >= 0.6 is 0 Å². The molecule has 1 N–H and O–H groups in total. The third-order valence-corrected chi connectivity index (χ3v) is 2.59. The van der Waals surface area contributed by atoms with E-state index in [1.165, 1.54) is 11.1 Å². The molecule has 14 heavy (non-hydrogen) atoms.